The van der Waals surface area contributed by atoms with Gasteiger partial charge in [0.05, 0.1) is 23.9 Å². The van der Waals surface area contributed by atoms with Crippen molar-refractivity contribution in [1.29, 1.82) is 0 Å². The average molecular weight is 530 g/mol. The molecule has 1 aliphatic rings. The highest BCUT2D eigenvalue weighted by atomic mass is 19.1. The number of hydrogen-bond acceptors (Lipinski definition) is 7. The lowest BCUT2D eigenvalue weighted by atomic mass is 9.87. The number of pyridine rings is 2. The number of carbonyl (C=O) groups is 1. The number of ketones is 1. The van der Waals surface area contributed by atoms with Gasteiger partial charge >= 0.3 is 0 Å². The summed E-state index contributed by atoms with van der Waals surface area (Å²) in [5.74, 6) is -3.67. The lowest BCUT2D eigenvalue weighted by Crippen LogP contribution is -2.42. The zero-order valence-electron chi connectivity index (χ0n) is 21.5. The van der Waals surface area contributed by atoms with Crippen LogP contribution >= 0.6 is 0 Å². The topological polar surface area (TPSA) is 96.6 Å². The average Bonchev–Trinajstić information content (AvgIpc) is 2.84. The fourth-order valence-corrected chi connectivity index (χ4v) is 4.70. The maximum Gasteiger partial charge on any atom is 0.185 e. The van der Waals surface area contributed by atoms with Crippen molar-refractivity contribution in [2.45, 2.75) is 50.9 Å². The lowest BCUT2D eigenvalue weighted by Gasteiger charge is -2.40. The molecule has 1 saturated heterocycles. The monoisotopic (exact) mass is 529 g/mol. The fraction of sp³-hybridized carbons (Fsp3) is 0.393. The number of rotatable bonds is 9. The van der Waals surface area contributed by atoms with Gasteiger partial charge in [0.2, 0.25) is 0 Å². The maximum absolute atomic E-state index is 14.8. The molecule has 0 spiro atoms. The number of carbonyl (C=O) groups excluding carboxylic acids is 1. The first-order valence-corrected chi connectivity index (χ1v) is 12.2. The zero-order valence-corrected chi connectivity index (χ0v) is 21.5. The molecule has 3 heterocycles. The molecule has 0 amide bonds. The third-order valence-corrected chi connectivity index (χ3v) is 6.31. The molecule has 2 N–H and O–H groups in total. The van der Waals surface area contributed by atoms with Gasteiger partial charge < -0.3 is 19.9 Å². The molecule has 3 aromatic rings. The molecule has 0 radical (unpaired) electrons. The minimum Gasteiger partial charge on any atom is -0.491 e. The van der Waals surface area contributed by atoms with Gasteiger partial charge in [-0.05, 0) is 56.0 Å². The van der Waals surface area contributed by atoms with Crippen molar-refractivity contribution in [1.82, 2.24) is 9.97 Å². The third-order valence-electron chi connectivity index (χ3n) is 6.31. The number of Topliss-reactive ketones (excluding diaryl/α,β-unsaturated/α-hetero) is 1. The summed E-state index contributed by atoms with van der Waals surface area (Å²) in [7, 11) is 1.46. The van der Waals surface area contributed by atoms with Crippen molar-refractivity contribution in [3.8, 4) is 17.0 Å². The molecule has 2 atom stereocenters. The molecule has 4 rings (SSSR count). The molecule has 0 unspecified atom stereocenters. The van der Waals surface area contributed by atoms with Crippen molar-refractivity contribution < 1.29 is 32.2 Å². The van der Waals surface area contributed by atoms with Crippen LogP contribution in [-0.4, -0.2) is 47.7 Å². The van der Waals surface area contributed by atoms with Gasteiger partial charge in [0.15, 0.2) is 5.78 Å². The van der Waals surface area contributed by atoms with Crippen LogP contribution in [0.4, 0.5) is 13.2 Å². The first-order valence-electron chi connectivity index (χ1n) is 12.2. The van der Waals surface area contributed by atoms with Crippen LogP contribution in [-0.2, 0) is 15.9 Å². The number of methoxy groups -OCH3 is 1. The normalized spacial score (nSPS) is 18.8. The molecule has 1 fully saturated rings. The van der Waals surface area contributed by atoms with Crippen molar-refractivity contribution in [3.05, 3.63) is 77.0 Å². The molecular formula is C28H30F3N3O4. The van der Waals surface area contributed by atoms with E-state index >= 15 is 0 Å². The summed E-state index contributed by atoms with van der Waals surface area (Å²) < 4.78 is 60.7. The number of nitrogens with two attached hydrogens (primary N) is 1. The quantitative estimate of drug-likeness (QED) is 0.309. The molecule has 0 saturated carbocycles. The van der Waals surface area contributed by atoms with E-state index in [1.807, 2.05) is 13.8 Å². The Bertz CT molecular complexity index is 1300. The largest absolute Gasteiger partial charge is 0.491 e. The van der Waals surface area contributed by atoms with E-state index in [2.05, 4.69) is 9.97 Å². The highest BCUT2D eigenvalue weighted by molar-refractivity contribution is 5.96. The van der Waals surface area contributed by atoms with Gasteiger partial charge in [-0.1, -0.05) is 0 Å². The van der Waals surface area contributed by atoms with E-state index in [0.29, 0.717) is 18.4 Å². The molecule has 0 bridgehead atoms. The molecule has 7 nitrogen and oxygen atoms in total. The summed E-state index contributed by atoms with van der Waals surface area (Å²) in [6.45, 7) is 4.23. The van der Waals surface area contributed by atoms with Crippen LogP contribution in [0, 0.1) is 17.5 Å². The Morgan fingerprint density at radius 2 is 1.87 bits per heavy atom. The van der Waals surface area contributed by atoms with Gasteiger partial charge in [-0.15, -0.1) is 0 Å². The maximum atomic E-state index is 14.8. The number of ether oxygens (including phenoxy) is 3. The van der Waals surface area contributed by atoms with Crippen molar-refractivity contribution in [2.75, 3.05) is 20.3 Å². The molecule has 2 aromatic heterocycles. The number of hydrogen-bond donors (Lipinski definition) is 1. The molecule has 10 heteroatoms. The van der Waals surface area contributed by atoms with E-state index in [-0.39, 0.29) is 43.2 Å². The van der Waals surface area contributed by atoms with Gasteiger partial charge in [0.25, 0.3) is 0 Å². The standard InChI is InChI=1S/C28H30F3N3O4/c1-28(2)14-17(32)11-25(38-28)19-6-7-33-15-16(19)10-24(35)23-5-4-20(29)27(34-23)26-21(30)12-18(13-22(26)31)37-9-8-36-3/h4-7,12-13,15,17,25H,8-11,14,32H2,1-3H3/t17-,25+/m1/s1. The summed E-state index contributed by atoms with van der Waals surface area (Å²) in [6, 6.07) is 5.73. The highest BCUT2D eigenvalue weighted by Crippen LogP contribution is 2.38. The minimum atomic E-state index is -1.07. The van der Waals surface area contributed by atoms with Crippen LogP contribution in [0.3, 0.4) is 0 Å². The zero-order chi connectivity index (χ0) is 27.4. The predicted octanol–water partition coefficient (Wildman–Crippen LogP) is 4.97. The number of nitrogens with zero attached hydrogens (tertiary/aromatic N) is 2. The first kappa shape index (κ1) is 27.7. The van der Waals surface area contributed by atoms with E-state index in [1.54, 1.807) is 18.5 Å². The van der Waals surface area contributed by atoms with Gasteiger partial charge in [-0.25, -0.2) is 18.2 Å². The van der Waals surface area contributed by atoms with Gasteiger partial charge in [0, 0.05) is 44.1 Å². The van der Waals surface area contributed by atoms with Crippen LogP contribution in [0.2, 0.25) is 0 Å². The second-order valence-corrected chi connectivity index (χ2v) is 9.87. The Kier molecular flexibility index (Phi) is 8.44. The van der Waals surface area contributed by atoms with E-state index in [4.69, 9.17) is 19.9 Å². The minimum absolute atomic E-state index is 0.0663. The SMILES string of the molecule is COCCOc1cc(F)c(-c2nc(C(=O)Cc3cnccc3[C@@H]3C[C@@H](N)CC(C)(C)O3)ccc2F)c(F)c1. The van der Waals surface area contributed by atoms with Crippen molar-refractivity contribution >= 4 is 5.78 Å². The lowest BCUT2D eigenvalue weighted by molar-refractivity contribution is -0.115. The van der Waals surface area contributed by atoms with Crippen LogP contribution in [0.1, 0.15) is 54.4 Å². The highest BCUT2D eigenvalue weighted by Gasteiger charge is 2.35. The molecule has 1 aliphatic heterocycles. The van der Waals surface area contributed by atoms with E-state index in [1.165, 1.54) is 13.2 Å². The van der Waals surface area contributed by atoms with Crippen LogP contribution < -0.4 is 10.5 Å². The molecule has 0 aliphatic carbocycles. The predicted molar refractivity (Wildman–Crippen MR) is 134 cm³/mol. The van der Waals surface area contributed by atoms with Crippen molar-refractivity contribution in [2.24, 2.45) is 5.73 Å². The van der Waals surface area contributed by atoms with Crippen LogP contribution in [0.15, 0.2) is 42.7 Å². The second-order valence-electron chi connectivity index (χ2n) is 9.87. The molecule has 1 aromatic carbocycles. The molecule has 38 heavy (non-hydrogen) atoms. The summed E-state index contributed by atoms with van der Waals surface area (Å²) in [5.41, 5.74) is 5.76. The van der Waals surface area contributed by atoms with Crippen LogP contribution in [0.25, 0.3) is 11.3 Å². The second kappa shape index (κ2) is 11.6. The summed E-state index contributed by atoms with van der Waals surface area (Å²) in [4.78, 5) is 21.4. The van der Waals surface area contributed by atoms with Gasteiger partial charge in [-0.2, -0.15) is 0 Å². The summed E-state index contributed by atoms with van der Waals surface area (Å²) >= 11 is 0. The number of aromatic nitrogens is 2. The number of benzene rings is 1. The van der Waals surface area contributed by atoms with E-state index < -0.39 is 40.1 Å². The fourth-order valence-electron chi connectivity index (χ4n) is 4.70. The smallest absolute Gasteiger partial charge is 0.185 e. The Hall–Kier alpha value is -3.34. The molecule has 202 valence electrons. The van der Waals surface area contributed by atoms with Crippen LogP contribution in [0.5, 0.6) is 5.75 Å². The Morgan fingerprint density at radius 3 is 2.55 bits per heavy atom. The Balaban J connectivity index is 1.60. The van der Waals surface area contributed by atoms with E-state index in [0.717, 1.165) is 23.8 Å². The first-order chi connectivity index (χ1) is 18.1. The van der Waals surface area contributed by atoms with E-state index in [9.17, 15) is 18.0 Å². The van der Waals surface area contributed by atoms with Gasteiger partial charge in [0.1, 0.15) is 41.2 Å². The van der Waals surface area contributed by atoms with Crippen molar-refractivity contribution in [3.63, 3.8) is 0 Å². The number of halogens is 3. The third kappa shape index (κ3) is 6.38. The van der Waals surface area contributed by atoms with Gasteiger partial charge in [-0.3, -0.25) is 9.78 Å². The molecular weight excluding hydrogens is 499 g/mol. The summed E-state index contributed by atoms with van der Waals surface area (Å²) in [5, 5.41) is 0. The Labute approximate surface area is 219 Å². The summed E-state index contributed by atoms with van der Waals surface area (Å²) in [6.07, 6.45) is 4.02. The Morgan fingerprint density at radius 1 is 1.13 bits per heavy atom.